The van der Waals surface area contributed by atoms with Crippen LogP contribution in [0.2, 0.25) is 0 Å². The summed E-state index contributed by atoms with van der Waals surface area (Å²) in [5, 5.41) is 6.53. The molecule has 0 radical (unpaired) electrons. The van der Waals surface area contributed by atoms with Crippen LogP contribution in [0.1, 0.15) is 16.7 Å². The molecule has 210 valence electrons. The fourth-order valence-electron chi connectivity index (χ4n) is 4.35. The lowest BCUT2D eigenvalue weighted by Crippen LogP contribution is -2.14. The average molecular weight is 563 g/mol. The third-order valence-electron chi connectivity index (χ3n) is 6.39. The first kappa shape index (κ1) is 26.2. The molecule has 0 unspecified atom stereocenters. The Morgan fingerprint density at radius 1 is 0.878 bits per heavy atom. The summed E-state index contributed by atoms with van der Waals surface area (Å²) < 4.78 is 57.4. The summed E-state index contributed by atoms with van der Waals surface area (Å²) in [6, 6.07) is 20.2. The number of rotatable bonds is 10. The van der Waals surface area contributed by atoms with E-state index < -0.39 is 11.7 Å². The summed E-state index contributed by atoms with van der Waals surface area (Å²) in [7, 11) is 0. The summed E-state index contributed by atoms with van der Waals surface area (Å²) in [6.07, 6.45) is -2.79. The van der Waals surface area contributed by atoms with E-state index in [0.717, 1.165) is 23.4 Å². The monoisotopic (exact) mass is 562 g/mol. The normalized spacial score (nSPS) is 12.5. The third-order valence-corrected chi connectivity index (χ3v) is 6.39. The molecule has 1 aliphatic rings. The number of alkyl halides is 3. The SMILES string of the molecule is FC(F)(F)c1ccc(Cn2cnc3c(NCCOc4ccccc4)nc(NCc4ccc5c(c4)OCO5)nc32)cc1. The summed E-state index contributed by atoms with van der Waals surface area (Å²) in [5.74, 6) is 3.00. The molecule has 0 amide bonds. The van der Waals surface area contributed by atoms with Crippen molar-refractivity contribution in [2.24, 2.45) is 0 Å². The number of fused-ring (bicyclic) bond motifs is 2. The molecular weight excluding hydrogens is 537 g/mol. The molecule has 0 fully saturated rings. The van der Waals surface area contributed by atoms with Gasteiger partial charge in [-0.25, -0.2) is 4.98 Å². The van der Waals surface area contributed by atoms with E-state index in [1.165, 1.54) is 12.1 Å². The number of anilines is 2. The van der Waals surface area contributed by atoms with E-state index in [0.29, 0.717) is 59.7 Å². The molecule has 2 N–H and O–H groups in total. The van der Waals surface area contributed by atoms with Gasteiger partial charge in [0.2, 0.25) is 12.7 Å². The Morgan fingerprint density at radius 2 is 1.66 bits per heavy atom. The Labute approximate surface area is 232 Å². The van der Waals surface area contributed by atoms with Crippen molar-refractivity contribution in [1.29, 1.82) is 0 Å². The number of nitrogens with zero attached hydrogens (tertiary/aromatic N) is 4. The zero-order chi connectivity index (χ0) is 28.2. The molecule has 0 atom stereocenters. The van der Waals surface area contributed by atoms with E-state index in [4.69, 9.17) is 14.2 Å². The van der Waals surface area contributed by atoms with Gasteiger partial charge in [0, 0.05) is 6.54 Å². The smallest absolute Gasteiger partial charge is 0.416 e. The van der Waals surface area contributed by atoms with Gasteiger partial charge in [-0.1, -0.05) is 36.4 Å². The lowest BCUT2D eigenvalue weighted by atomic mass is 10.1. The number of halogens is 3. The van der Waals surface area contributed by atoms with Crippen LogP contribution >= 0.6 is 0 Å². The molecule has 5 aromatic rings. The maximum Gasteiger partial charge on any atom is 0.416 e. The minimum Gasteiger partial charge on any atom is -0.492 e. The van der Waals surface area contributed by atoms with Gasteiger partial charge in [-0.15, -0.1) is 0 Å². The van der Waals surface area contributed by atoms with Crippen LogP contribution in [0.15, 0.2) is 79.1 Å². The Balaban J connectivity index is 1.23. The van der Waals surface area contributed by atoms with Crippen LogP contribution in [0.4, 0.5) is 24.9 Å². The van der Waals surface area contributed by atoms with Crippen molar-refractivity contribution >= 4 is 22.9 Å². The summed E-state index contributed by atoms with van der Waals surface area (Å²) in [6.45, 7) is 1.74. The van der Waals surface area contributed by atoms with Gasteiger partial charge >= 0.3 is 6.18 Å². The Kier molecular flexibility index (Phi) is 7.19. The van der Waals surface area contributed by atoms with Gasteiger partial charge in [0.05, 0.1) is 25.0 Å². The second-order valence-electron chi connectivity index (χ2n) is 9.26. The number of aromatic nitrogens is 4. The number of hydrogen-bond acceptors (Lipinski definition) is 8. The van der Waals surface area contributed by atoms with Crippen LogP contribution in [-0.2, 0) is 19.3 Å². The molecule has 0 spiro atoms. The first-order chi connectivity index (χ1) is 19.9. The second-order valence-corrected chi connectivity index (χ2v) is 9.26. The van der Waals surface area contributed by atoms with Gasteiger partial charge in [-0.05, 0) is 47.5 Å². The first-order valence-electron chi connectivity index (χ1n) is 12.9. The Bertz CT molecular complexity index is 1640. The third kappa shape index (κ3) is 6.11. The van der Waals surface area contributed by atoms with E-state index in [-0.39, 0.29) is 13.3 Å². The van der Waals surface area contributed by atoms with Crippen molar-refractivity contribution < 1.29 is 27.4 Å². The molecule has 12 heteroatoms. The van der Waals surface area contributed by atoms with Crippen LogP contribution in [0, 0.1) is 0 Å². The van der Waals surface area contributed by atoms with E-state index in [9.17, 15) is 13.2 Å². The zero-order valence-electron chi connectivity index (χ0n) is 21.7. The van der Waals surface area contributed by atoms with Crippen molar-refractivity contribution in [3.05, 3.63) is 95.8 Å². The van der Waals surface area contributed by atoms with Crippen molar-refractivity contribution in [3.63, 3.8) is 0 Å². The topological polar surface area (TPSA) is 95.4 Å². The van der Waals surface area contributed by atoms with Crippen molar-refractivity contribution in [2.75, 3.05) is 30.6 Å². The highest BCUT2D eigenvalue weighted by Gasteiger charge is 2.30. The fraction of sp³-hybridized carbons (Fsp3) is 0.207. The fourth-order valence-corrected chi connectivity index (χ4v) is 4.35. The largest absolute Gasteiger partial charge is 0.492 e. The number of para-hydroxylation sites is 1. The molecule has 3 heterocycles. The molecule has 0 saturated carbocycles. The van der Waals surface area contributed by atoms with E-state index >= 15 is 0 Å². The van der Waals surface area contributed by atoms with Crippen LogP contribution in [0.25, 0.3) is 11.2 Å². The van der Waals surface area contributed by atoms with Gasteiger partial charge in [0.1, 0.15) is 12.4 Å². The number of hydrogen-bond donors (Lipinski definition) is 2. The summed E-state index contributed by atoms with van der Waals surface area (Å²) >= 11 is 0. The average Bonchev–Trinajstić information content (AvgIpc) is 3.61. The number of nitrogens with one attached hydrogen (secondary N) is 2. The molecule has 0 bridgehead atoms. The van der Waals surface area contributed by atoms with Gasteiger partial charge < -0.3 is 29.4 Å². The maximum absolute atomic E-state index is 13.0. The van der Waals surface area contributed by atoms with E-state index in [2.05, 4.69) is 25.6 Å². The molecule has 0 saturated heterocycles. The van der Waals surface area contributed by atoms with Gasteiger partial charge in [0.25, 0.3) is 0 Å². The number of ether oxygens (including phenoxy) is 3. The molecule has 1 aliphatic heterocycles. The molecular formula is C29H25F3N6O3. The molecule has 9 nitrogen and oxygen atoms in total. The lowest BCUT2D eigenvalue weighted by Gasteiger charge is -2.12. The minimum atomic E-state index is -4.39. The quantitative estimate of drug-likeness (QED) is 0.209. The highest BCUT2D eigenvalue weighted by Crippen LogP contribution is 2.33. The molecule has 3 aromatic carbocycles. The second kappa shape index (κ2) is 11.2. The van der Waals surface area contributed by atoms with Crippen molar-refractivity contribution in [3.8, 4) is 17.2 Å². The van der Waals surface area contributed by atoms with E-state index in [1.54, 1.807) is 10.9 Å². The van der Waals surface area contributed by atoms with Crippen LogP contribution in [0.3, 0.4) is 0 Å². The zero-order valence-corrected chi connectivity index (χ0v) is 21.7. The molecule has 0 aliphatic carbocycles. The predicted molar refractivity (Wildman–Crippen MR) is 146 cm³/mol. The standard InChI is InChI=1S/C29H25F3N6O3/c30-29(31,32)21-9-6-19(7-10-21)16-38-17-35-25-26(33-12-13-39-22-4-2-1-3-5-22)36-28(37-27(25)38)34-15-20-8-11-23-24(14-20)41-18-40-23/h1-11,14,17H,12-13,15-16,18H2,(H2,33,34,36,37). The van der Waals surface area contributed by atoms with Crippen molar-refractivity contribution in [2.45, 2.75) is 19.3 Å². The number of benzene rings is 3. The number of imidazole rings is 1. The first-order valence-corrected chi connectivity index (χ1v) is 12.9. The minimum absolute atomic E-state index is 0.192. The Morgan fingerprint density at radius 3 is 2.46 bits per heavy atom. The van der Waals surface area contributed by atoms with E-state index in [1.807, 2.05) is 48.5 Å². The van der Waals surface area contributed by atoms with Crippen LogP contribution < -0.4 is 24.8 Å². The van der Waals surface area contributed by atoms with Gasteiger partial charge in [0.15, 0.2) is 28.5 Å². The molecule has 41 heavy (non-hydrogen) atoms. The highest BCUT2D eigenvalue weighted by molar-refractivity contribution is 5.84. The molecule has 2 aromatic heterocycles. The molecule has 6 rings (SSSR count). The summed E-state index contributed by atoms with van der Waals surface area (Å²) in [4.78, 5) is 13.8. The lowest BCUT2D eigenvalue weighted by molar-refractivity contribution is -0.137. The Hall–Kier alpha value is -5.00. The van der Waals surface area contributed by atoms with Crippen LogP contribution in [-0.4, -0.2) is 39.5 Å². The van der Waals surface area contributed by atoms with Gasteiger partial charge in [-0.2, -0.15) is 23.1 Å². The highest BCUT2D eigenvalue weighted by atomic mass is 19.4. The van der Waals surface area contributed by atoms with Gasteiger partial charge in [-0.3, -0.25) is 0 Å². The van der Waals surface area contributed by atoms with Crippen molar-refractivity contribution in [1.82, 2.24) is 19.5 Å². The maximum atomic E-state index is 13.0. The summed E-state index contributed by atoms with van der Waals surface area (Å²) in [5.41, 5.74) is 1.99. The van der Waals surface area contributed by atoms with Crippen LogP contribution in [0.5, 0.6) is 17.2 Å². The predicted octanol–water partition coefficient (Wildman–Crippen LogP) is 5.73.